The summed E-state index contributed by atoms with van der Waals surface area (Å²) >= 11 is 0. The molecular formula is C14H15NO2. The number of H-pyrrole nitrogens is 1. The number of rotatable bonds is 1. The third kappa shape index (κ3) is 1.62. The van der Waals surface area contributed by atoms with E-state index in [2.05, 4.69) is 11.9 Å². The van der Waals surface area contributed by atoms with Gasteiger partial charge in [0.05, 0.1) is 17.2 Å². The molecule has 0 amide bonds. The van der Waals surface area contributed by atoms with Crippen molar-refractivity contribution in [3.05, 3.63) is 40.2 Å². The predicted octanol–water partition coefficient (Wildman–Crippen LogP) is 2.63. The Labute approximate surface area is 99.4 Å². The van der Waals surface area contributed by atoms with Crippen LogP contribution in [0, 0.1) is 0 Å². The highest BCUT2D eigenvalue weighted by atomic mass is 16.5. The lowest BCUT2D eigenvalue weighted by Gasteiger charge is -2.25. The molecule has 3 heteroatoms. The molecule has 0 saturated carbocycles. The van der Waals surface area contributed by atoms with Crippen molar-refractivity contribution in [3.8, 4) is 5.75 Å². The van der Waals surface area contributed by atoms with E-state index in [1.165, 1.54) is 0 Å². The molecule has 1 aliphatic rings. The first-order valence-corrected chi connectivity index (χ1v) is 6.10. The molecule has 0 fully saturated rings. The molecule has 1 aromatic carbocycles. The zero-order valence-corrected chi connectivity index (χ0v) is 9.82. The quantitative estimate of drug-likeness (QED) is 0.816. The van der Waals surface area contributed by atoms with E-state index in [1.807, 2.05) is 24.3 Å². The van der Waals surface area contributed by atoms with Crippen molar-refractivity contribution in [2.75, 3.05) is 0 Å². The van der Waals surface area contributed by atoms with Crippen molar-refractivity contribution in [1.29, 1.82) is 0 Å². The van der Waals surface area contributed by atoms with Crippen LogP contribution in [0.2, 0.25) is 0 Å². The summed E-state index contributed by atoms with van der Waals surface area (Å²) in [5.41, 5.74) is 1.65. The maximum absolute atomic E-state index is 11.9. The van der Waals surface area contributed by atoms with Gasteiger partial charge in [0.25, 0.3) is 5.56 Å². The number of nitrogens with one attached hydrogen (secondary N) is 1. The first kappa shape index (κ1) is 10.4. The lowest BCUT2D eigenvalue weighted by Crippen LogP contribution is -2.27. The zero-order chi connectivity index (χ0) is 11.8. The molecule has 1 N–H and O–H groups in total. The lowest BCUT2D eigenvalue weighted by molar-refractivity contribution is 0.171. The number of ether oxygens (including phenoxy) is 1. The smallest absolute Gasteiger partial charge is 0.255 e. The molecule has 1 atom stereocenters. The molecule has 17 heavy (non-hydrogen) atoms. The van der Waals surface area contributed by atoms with Gasteiger partial charge < -0.3 is 9.72 Å². The van der Waals surface area contributed by atoms with Crippen LogP contribution in [0.25, 0.3) is 10.9 Å². The van der Waals surface area contributed by atoms with Crippen LogP contribution in [0.15, 0.2) is 29.1 Å². The Kier molecular flexibility index (Phi) is 2.39. The van der Waals surface area contributed by atoms with Gasteiger partial charge in [-0.25, -0.2) is 0 Å². The highest BCUT2D eigenvalue weighted by Gasteiger charge is 2.22. The number of aromatic nitrogens is 1. The Balaban J connectivity index is 2.27. The van der Waals surface area contributed by atoms with E-state index in [0.717, 1.165) is 41.5 Å². The minimum Gasteiger partial charge on any atom is -0.489 e. The van der Waals surface area contributed by atoms with Crippen molar-refractivity contribution >= 4 is 10.9 Å². The van der Waals surface area contributed by atoms with E-state index in [1.54, 1.807) is 0 Å². The minimum atomic E-state index is -0.00625. The van der Waals surface area contributed by atoms with Gasteiger partial charge >= 0.3 is 0 Å². The van der Waals surface area contributed by atoms with Gasteiger partial charge in [-0.2, -0.15) is 0 Å². The molecule has 0 saturated heterocycles. The molecule has 3 rings (SSSR count). The second-order valence-electron chi connectivity index (χ2n) is 4.49. The normalized spacial score (nSPS) is 18.8. The summed E-state index contributed by atoms with van der Waals surface area (Å²) in [6, 6.07) is 7.81. The van der Waals surface area contributed by atoms with Crippen molar-refractivity contribution in [2.24, 2.45) is 0 Å². The van der Waals surface area contributed by atoms with E-state index in [4.69, 9.17) is 4.74 Å². The molecule has 0 bridgehead atoms. The number of para-hydroxylation sites is 1. The van der Waals surface area contributed by atoms with Gasteiger partial charge in [0.15, 0.2) is 0 Å². The predicted molar refractivity (Wildman–Crippen MR) is 67.6 cm³/mol. The van der Waals surface area contributed by atoms with Crippen molar-refractivity contribution in [3.63, 3.8) is 0 Å². The summed E-state index contributed by atoms with van der Waals surface area (Å²) in [6.07, 6.45) is 2.98. The van der Waals surface area contributed by atoms with Crippen LogP contribution in [-0.4, -0.2) is 11.1 Å². The van der Waals surface area contributed by atoms with Gasteiger partial charge in [-0.1, -0.05) is 19.1 Å². The van der Waals surface area contributed by atoms with Gasteiger partial charge in [0.2, 0.25) is 0 Å². The Morgan fingerprint density at radius 2 is 2.24 bits per heavy atom. The first-order valence-electron chi connectivity index (χ1n) is 6.10. The van der Waals surface area contributed by atoms with Crippen molar-refractivity contribution in [1.82, 2.24) is 4.98 Å². The van der Waals surface area contributed by atoms with Crippen molar-refractivity contribution in [2.45, 2.75) is 32.3 Å². The molecule has 1 aromatic heterocycles. The van der Waals surface area contributed by atoms with Crippen molar-refractivity contribution < 1.29 is 4.74 Å². The summed E-state index contributed by atoms with van der Waals surface area (Å²) in [5.74, 6) is 0.794. The summed E-state index contributed by atoms with van der Waals surface area (Å²) in [7, 11) is 0. The van der Waals surface area contributed by atoms with E-state index in [0.29, 0.717) is 0 Å². The Morgan fingerprint density at radius 1 is 1.41 bits per heavy atom. The lowest BCUT2D eigenvalue weighted by atomic mass is 10.00. The summed E-state index contributed by atoms with van der Waals surface area (Å²) < 4.78 is 5.96. The number of pyridine rings is 1. The molecule has 0 unspecified atom stereocenters. The Bertz CT molecular complexity index is 615. The van der Waals surface area contributed by atoms with Crippen LogP contribution in [0.3, 0.4) is 0 Å². The molecule has 88 valence electrons. The average Bonchev–Trinajstić information content (AvgIpc) is 2.38. The summed E-state index contributed by atoms with van der Waals surface area (Å²) in [6.45, 7) is 2.12. The van der Waals surface area contributed by atoms with E-state index >= 15 is 0 Å². The van der Waals surface area contributed by atoms with Crippen LogP contribution in [0.4, 0.5) is 0 Å². The van der Waals surface area contributed by atoms with E-state index in [9.17, 15) is 4.79 Å². The highest BCUT2D eigenvalue weighted by molar-refractivity contribution is 5.86. The SMILES string of the molecule is CC[C@H]1CCc2c(c3ccccc3[nH]c2=O)O1. The molecular weight excluding hydrogens is 214 g/mol. The summed E-state index contributed by atoms with van der Waals surface area (Å²) in [4.78, 5) is 14.9. The molecule has 2 heterocycles. The van der Waals surface area contributed by atoms with Crippen LogP contribution in [-0.2, 0) is 6.42 Å². The highest BCUT2D eigenvalue weighted by Crippen LogP contribution is 2.32. The second-order valence-corrected chi connectivity index (χ2v) is 4.49. The maximum atomic E-state index is 11.9. The van der Waals surface area contributed by atoms with Crippen LogP contribution in [0.5, 0.6) is 5.75 Å². The van der Waals surface area contributed by atoms with Gasteiger partial charge in [0, 0.05) is 5.39 Å². The third-order valence-corrected chi connectivity index (χ3v) is 3.42. The Hall–Kier alpha value is -1.77. The number of benzene rings is 1. The molecule has 0 aliphatic carbocycles. The third-order valence-electron chi connectivity index (χ3n) is 3.42. The number of aromatic amines is 1. The van der Waals surface area contributed by atoms with Gasteiger partial charge in [-0.3, -0.25) is 4.79 Å². The number of hydrogen-bond acceptors (Lipinski definition) is 2. The molecule has 1 aliphatic heterocycles. The first-order chi connectivity index (χ1) is 8.29. The second kappa shape index (κ2) is 3.91. The van der Waals surface area contributed by atoms with Crippen LogP contribution >= 0.6 is 0 Å². The van der Waals surface area contributed by atoms with Gasteiger partial charge in [-0.05, 0) is 31.4 Å². The standard InChI is InChI=1S/C14H15NO2/c1-2-9-7-8-11-13(17-9)10-5-3-4-6-12(10)15-14(11)16/h3-6,9H,2,7-8H2,1H3,(H,15,16)/t9-/m0/s1. The fourth-order valence-electron chi connectivity index (χ4n) is 2.43. The topological polar surface area (TPSA) is 42.1 Å². The Morgan fingerprint density at radius 3 is 3.06 bits per heavy atom. The van der Waals surface area contributed by atoms with Crippen LogP contribution < -0.4 is 10.3 Å². The summed E-state index contributed by atoms with van der Waals surface area (Å²) in [5, 5.41) is 1.01. The van der Waals surface area contributed by atoms with Gasteiger partial charge in [-0.15, -0.1) is 0 Å². The fraction of sp³-hybridized carbons (Fsp3) is 0.357. The van der Waals surface area contributed by atoms with E-state index in [-0.39, 0.29) is 11.7 Å². The van der Waals surface area contributed by atoms with Crippen LogP contribution in [0.1, 0.15) is 25.3 Å². The maximum Gasteiger partial charge on any atom is 0.255 e. The molecule has 3 nitrogen and oxygen atoms in total. The molecule has 2 aromatic rings. The van der Waals surface area contributed by atoms with Gasteiger partial charge in [0.1, 0.15) is 5.75 Å². The average molecular weight is 229 g/mol. The monoisotopic (exact) mass is 229 g/mol. The number of fused-ring (bicyclic) bond motifs is 3. The molecule has 0 spiro atoms. The van der Waals surface area contributed by atoms with E-state index < -0.39 is 0 Å². The zero-order valence-electron chi connectivity index (χ0n) is 9.82. The number of hydrogen-bond donors (Lipinski definition) is 1. The minimum absolute atomic E-state index is 0.00625. The fourth-order valence-corrected chi connectivity index (χ4v) is 2.43. The largest absolute Gasteiger partial charge is 0.489 e. The molecule has 0 radical (unpaired) electrons.